The molecule has 0 heterocycles. The van der Waals surface area contributed by atoms with Crippen molar-refractivity contribution in [3.63, 3.8) is 0 Å². The molecule has 0 atom stereocenters. The van der Waals surface area contributed by atoms with Gasteiger partial charge in [-0.15, -0.1) is 0 Å². The summed E-state index contributed by atoms with van der Waals surface area (Å²) in [5.74, 6) is 0. The van der Waals surface area contributed by atoms with Gasteiger partial charge in [-0.05, 0) is 18.6 Å². The van der Waals surface area contributed by atoms with Gasteiger partial charge >= 0.3 is 5.69 Å². The van der Waals surface area contributed by atoms with Crippen LogP contribution in [-0.2, 0) is 0 Å². The molecular weight excluding hydrogens is 202 g/mol. The van der Waals surface area contributed by atoms with Crippen molar-refractivity contribution < 1.29 is 17.5 Å². The van der Waals surface area contributed by atoms with Crippen LogP contribution in [0, 0.1) is 5.39 Å². The summed E-state index contributed by atoms with van der Waals surface area (Å²) >= 11 is 0. The molecule has 4 nitrogen and oxygen atoms in total. The number of aliphatic hydroxyl groups excluding tert-OH is 1. The molecule has 1 aromatic rings. The summed E-state index contributed by atoms with van der Waals surface area (Å²) in [6, 6.07) is 7.07. The number of hydrogen-bond donors (Lipinski definition) is 2. The zero-order valence-corrected chi connectivity index (χ0v) is 8.41. The van der Waals surface area contributed by atoms with Crippen LogP contribution in [-0.4, -0.2) is 18.3 Å². The number of rotatable bonds is 4. The first-order chi connectivity index (χ1) is 6.36. The molecule has 76 valence electrons. The van der Waals surface area contributed by atoms with Crippen LogP contribution in [0.15, 0.2) is 24.3 Å². The molecule has 14 heavy (non-hydrogen) atoms. The largest absolute Gasteiger partial charge is 1.00 e. The Bertz CT molecular complexity index is 294. The van der Waals surface area contributed by atoms with Gasteiger partial charge in [-0.1, -0.05) is 0 Å². The number of benzene rings is 1. The van der Waals surface area contributed by atoms with Gasteiger partial charge in [0.05, 0.1) is 0 Å². The van der Waals surface area contributed by atoms with Crippen molar-refractivity contribution in [3.05, 3.63) is 29.2 Å². The first kappa shape index (κ1) is 12.7. The second kappa shape index (κ2) is 7.13. The van der Waals surface area contributed by atoms with Gasteiger partial charge in [-0.2, -0.15) is 0 Å². The van der Waals surface area contributed by atoms with Gasteiger partial charge in [-0.25, -0.2) is 0 Å². The van der Waals surface area contributed by atoms with Gasteiger partial charge < -0.3 is 22.8 Å². The second-order valence-electron chi connectivity index (χ2n) is 2.65. The molecule has 0 saturated carbocycles. The molecule has 5 heteroatoms. The maximum atomic E-state index is 8.54. The highest BCUT2D eigenvalue weighted by Crippen LogP contribution is 2.15. The van der Waals surface area contributed by atoms with Crippen molar-refractivity contribution >= 4 is 11.4 Å². The molecule has 0 unspecified atom stereocenters. The Morgan fingerprint density at radius 3 is 2.43 bits per heavy atom. The molecule has 0 aliphatic carbocycles. The summed E-state index contributed by atoms with van der Waals surface area (Å²) in [6.07, 6.45) is 0.728. The maximum absolute atomic E-state index is 8.54. The molecule has 0 spiro atoms. The first-order valence-corrected chi connectivity index (χ1v) is 4.16. The highest BCUT2D eigenvalue weighted by Gasteiger charge is 2.01. The minimum atomic E-state index is 0. The highest BCUT2D eigenvalue weighted by molar-refractivity contribution is 5.53. The fourth-order valence-corrected chi connectivity index (χ4v) is 0.958. The minimum absolute atomic E-state index is 0. The third-order valence-electron chi connectivity index (χ3n) is 1.65. The van der Waals surface area contributed by atoms with Crippen molar-refractivity contribution in [1.29, 1.82) is 5.39 Å². The van der Waals surface area contributed by atoms with Gasteiger partial charge in [0.1, 0.15) is 0 Å². The summed E-state index contributed by atoms with van der Waals surface area (Å²) in [5.41, 5.74) is 1.49. The predicted octanol–water partition coefficient (Wildman–Crippen LogP) is -1.03. The Labute approximate surface area is 89.0 Å². The summed E-state index contributed by atoms with van der Waals surface area (Å²) in [7, 11) is 0. The Morgan fingerprint density at radius 1 is 1.29 bits per heavy atom. The Kier molecular flexibility index (Phi) is 6.46. The average Bonchev–Trinajstić information content (AvgIpc) is 2.19. The van der Waals surface area contributed by atoms with E-state index in [1.165, 1.54) is 0 Å². The maximum Gasteiger partial charge on any atom is 0.385 e. The van der Waals surface area contributed by atoms with E-state index in [4.69, 9.17) is 10.5 Å². The second-order valence-corrected chi connectivity index (χ2v) is 2.65. The molecule has 0 aromatic heterocycles. The standard InChI is InChI=1S/C9H12N3O.ClH/c10-12-9-4-2-8(3-5-9)11-6-1-7-13;/h2-5,11,13H,1,6-7H2;1H/q+1;/p-1. The highest BCUT2D eigenvalue weighted by atomic mass is 35.5. The lowest BCUT2D eigenvalue weighted by Gasteiger charge is -2.02. The smallest absolute Gasteiger partial charge is 0.385 e. The Morgan fingerprint density at radius 2 is 1.93 bits per heavy atom. The molecule has 1 rings (SSSR count). The van der Waals surface area contributed by atoms with Gasteiger partial charge in [0.15, 0.2) is 4.98 Å². The first-order valence-electron chi connectivity index (χ1n) is 4.16. The number of hydrogen-bond acceptors (Lipinski definition) is 3. The normalized spacial score (nSPS) is 8.57. The molecule has 1 aromatic carbocycles. The summed E-state index contributed by atoms with van der Waals surface area (Å²) in [6.45, 7) is 0.934. The van der Waals surface area contributed by atoms with E-state index in [0.717, 1.165) is 18.7 Å². The van der Waals surface area contributed by atoms with Crippen LogP contribution in [0.25, 0.3) is 4.98 Å². The van der Waals surface area contributed by atoms with E-state index in [2.05, 4.69) is 10.3 Å². The van der Waals surface area contributed by atoms with E-state index in [1.54, 1.807) is 12.1 Å². The van der Waals surface area contributed by atoms with Crippen LogP contribution >= 0.6 is 0 Å². The summed E-state index contributed by atoms with van der Waals surface area (Å²) in [4.78, 5) is 3.04. The quantitative estimate of drug-likeness (QED) is 0.497. The van der Waals surface area contributed by atoms with Crippen molar-refractivity contribution in [2.45, 2.75) is 6.42 Å². The molecule has 0 fully saturated rings. The van der Waals surface area contributed by atoms with E-state index in [1.807, 2.05) is 12.1 Å². The Balaban J connectivity index is 0.00000169. The van der Waals surface area contributed by atoms with E-state index in [-0.39, 0.29) is 19.0 Å². The van der Waals surface area contributed by atoms with E-state index < -0.39 is 0 Å². The average molecular weight is 214 g/mol. The number of aliphatic hydroxyl groups is 1. The monoisotopic (exact) mass is 213 g/mol. The minimum Gasteiger partial charge on any atom is -1.00 e. The SMILES string of the molecule is N#[N+]c1ccc(NCCCO)cc1.[Cl-]. The summed E-state index contributed by atoms with van der Waals surface area (Å²) in [5, 5.41) is 20.1. The lowest BCUT2D eigenvalue weighted by molar-refractivity contribution is -0.00000401. The van der Waals surface area contributed by atoms with Crippen LogP contribution < -0.4 is 17.7 Å². The molecule has 2 N–H and O–H groups in total. The van der Waals surface area contributed by atoms with Crippen LogP contribution in [0.4, 0.5) is 11.4 Å². The number of nitrogens with zero attached hydrogens (tertiary/aromatic N) is 2. The third-order valence-corrected chi connectivity index (χ3v) is 1.65. The third kappa shape index (κ3) is 4.08. The van der Waals surface area contributed by atoms with Crippen molar-refractivity contribution in [3.8, 4) is 0 Å². The lowest BCUT2D eigenvalue weighted by atomic mass is 10.3. The summed E-state index contributed by atoms with van der Waals surface area (Å²) < 4.78 is 0. The molecule has 0 amide bonds. The topological polar surface area (TPSA) is 60.4 Å². The molecule has 0 bridgehead atoms. The van der Waals surface area contributed by atoms with Crippen molar-refractivity contribution in [1.82, 2.24) is 0 Å². The van der Waals surface area contributed by atoms with Gasteiger partial charge in [0.2, 0.25) is 5.39 Å². The van der Waals surface area contributed by atoms with E-state index in [0.29, 0.717) is 5.69 Å². The van der Waals surface area contributed by atoms with Crippen molar-refractivity contribution in [2.24, 2.45) is 0 Å². The van der Waals surface area contributed by atoms with Crippen LogP contribution in [0.2, 0.25) is 0 Å². The molecule has 0 saturated heterocycles. The van der Waals surface area contributed by atoms with Crippen LogP contribution in [0.3, 0.4) is 0 Å². The van der Waals surface area contributed by atoms with Crippen molar-refractivity contribution in [2.75, 3.05) is 18.5 Å². The zero-order chi connectivity index (χ0) is 9.52. The van der Waals surface area contributed by atoms with Gasteiger partial charge in [-0.3, -0.25) is 0 Å². The van der Waals surface area contributed by atoms with E-state index >= 15 is 0 Å². The fraction of sp³-hybridized carbons (Fsp3) is 0.333. The van der Waals surface area contributed by atoms with Crippen LogP contribution in [0.1, 0.15) is 6.42 Å². The van der Waals surface area contributed by atoms with E-state index in [9.17, 15) is 0 Å². The van der Waals surface area contributed by atoms with Gasteiger partial charge in [0.25, 0.3) is 0 Å². The lowest BCUT2D eigenvalue weighted by Crippen LogP contribution is -3.00. The Hall–Kier alpha value is -1.31. The zero-order valence-electron chi connectivity index (χ0n) is 7.65. The van der Waals surface area contributed by atoms with Crippen LogP contribution in [0.5, 0.6) is 0 Å². The molecule has 0 aliphatic heterocycles. The molecular formula is C9H12ClN3O. The predicted molar refractivity (Wildman–Crippen MR) is 51.4 cm³/mol. The number of diazo groups is 1. The fourth-order valence-electron chi connectivity index (χ4n) is 0.958. The molecule has 0 radical (unpaired) electrons. The molecule has 0 aliphatic rings. The number of nitrogens with one attached hydrogen (secondary N) is 1. The number of halogens is 1. The number of anilines is 1. The van der Waals surface area contributed by atoms with Gasteiger partial charge in [0, 0.05) is 31.0 Å².